The highest BCUT2D eigenvalue weighted by Crippen LogP contribution is 2.32. The first kappa shape index (κ1) is 18.8. The lowest BCUT2D eigenvalue weighted by Crippen LogP contribution is -2.54. The topological polar surface area (TPSA) is 77.3 Å². The van der Waals surface area contributed by atoms with E-state index in [9.17, 15) is 0 Å². The maximum atomic E-state index is 6.06. The van der Waals surface area contributed by atoms with Gasteiger partial charge in [-0.3, -0.25) is 4.99 Å². The van der Waals surface area contributed by atoms with Gasteiger partial charge in [0.1, 0.15) is 5.76 Å². The maximum Gasteiger partial charge on any atom is 0.191 e. The van der Waals surface area contributed by atoms with Gasteiger partial charge in [-0.1, -0.05) is 0 Å². The van der Waals surface area contributed by atoms with Crippen molar-refractivity contribution in [2.24, 2.45) is 4.99 Å². The summed E-state index contributed by atoms with van der Waals surface area (Å²) < 4.78 is 22.6. The van der Waals surface area contributed by atoms with Crippen LogP contribution in [-0.4, -0.2) is 63.2 Å². The summed E-state index contributed by atoms with van der Waals surface area (Å²) in [5.74, 6) is 1.87. The average Bonchev–Trinajstić information content (AvgIpc) is 3.35. The number of aliphatic imine (C=N–C) groups is 1. The molecule has 2 atom stereocenters. The van der Waals surface area contributed by atoms with E-state index in [0.717, 1.165) is 76.7 Å². The maximum absolute atomic E-state index is 6.06. The first-order valence-electron chi connectivity index (χ1n) is 10.2. The van der Waals surface area contributed by atoms with Crippen LogP contribution >= 0.6 is 0 Å². The van der Waals surface area contributed by atoms with E-state index < -0.39 is 0 Å². The largest absolute Gasteiger partial charge is 0.469 e. The smallest absolute Gasteiger partial charge is 0.191 e. The molecular formula is C20H31N3O4. The number of guanidine groups is 1. The van der Waals surface area contributed by atoms with E-state index in [0.29, 0.717) is 25.2 Å². The molecule has 0 amide bonds. The fourth-order valence-corrected chi connectivity index (χ4v) is 4.11. The lowest BCUT2D eigenvalue weighted by molar-refractivity contribution is -0.0874. The molecule has 4 heterocycles. The third kappa shape index (κ3) is 5.24. The Bertz CT molecular complexity index is 592. The molecule has 0 saturated carbocycles. The van der Waals surface area contributed by atoms with Gasteiger partial charge >= 0.3 is 0 Å². The second-order valence-corrected chi connectivity index (χ2v) is 7.76. The summed E-state index contributed by atoms with van der Waals surface area (Å²) in [7, 11) is 0. The van der Waals surface area contributed by atoms with Crippen molar-refractivity contribution in [1.82, 2.24) is 10.6 Å². The fraction of sp³-hybridized carbons (Fsp3) is 0.750. The minimum atomic E-state index is -0.103. The SMILES string of the molecule is c1coc(CCN=C(NC2CCOCC2)NC2CCOC3(CCOC3)C2)c1. The summed E-state index contributed by atoms with van der Waals surface area (Å²) in [6.45, 7) is 4.62. The Labute approximate surface area is 160 Å². The zero-order valence-electron chi connectivity index (χ0n) is 16.0. The number of rotatable bonds is 5. The molecule has 7 heteroatoms. The van der Waals surface area contributed by atoms with Crippen LogP contribution in [0, 0.1) is 0 Å². The number of ether oxygens (including phenoxy) is 3. The summed E-state index contributed by atoms with van der Waals surface area (Å²) in [4.78, 5) is 4.82. The number of hydrogen-bond donors (Lipinski definition) is 2. The number of nitrogens with zero attached hydrogens (tertiary/aromatic N) is 1. The molecule has 3 fully saturated rings. The highest BCUT2D eigenvalue weighted by atomic mass is 16.6. The molecule has 150 valence electrons. The number of nitrogens with one attached hydrogen (secondary N) is 2. The molecule has 2 N–H and O–H groups in total. The first-order chi connectivity index (χ1) is 13.3. The van der Waals surface area contributed by atoms with Crippen LogP contribution in [0.2, 0.25) is 0 Å². The minimum Gasteiger partial charge on any atom is -0.469 e. The van der Waals surface area contributed by atoms with Crippen molar-refractivity contribution in [1.29, 1.82) is 0 Å². The van der Waals surface area contributed by atoms with Gasteiger partial charge in [0.15, 0.2) is 5.96 Å². The molecule has 0 bridgehead atoms. The number of furan rings is 1. The molecule has 3 aliphatic rings. The summed E-state index contributed by atoms with van der Waals surface area (Å²) in [6, 6.07) is 4.69. The Balaban J connectivity index is 1.36. The lowest BCUT2D eigenvalue weighted by Gasteiger charge is -2.38. The highest BCUT2D eigenvalue weighted by Gasteiger charge is 2.41. The van der Waals surface area contributed by atoms with Crippen molar-refractivity contribution in [3.8, 4) is 0 Å². The van der Waals surface area contributed by atoms with Crippen molar-refractivity contribution in [3.63, 3.8) is 0 Å². The molecule has 27 heavy (non-hydrogen) atoms. The standard InChI is InChI=1S/C20H31N3O4/c1-2-18(26-9-1)3-8-21-19(22-16-4-10-24-11-5-16)23-17-6-12-27-20(14-17)7-13-25-15-20/h1-2,9,16-17H,3-8,10-15H2,(H2,21,22,23). The van der Waals surface area contributed by atoms with Gasteiger partial charge in [0, 0.05) is 57.9 Å². The molecule has 7 nitrogen and oxygen atoms in total. The van der Waals surface area contributed by atoms with Crippen LogP contribution in [-0.2, 0) is 20.6 Å². The summed E-state index contributed by atoms with van der Waals surface area (Å²) >= 11 is 0. The van der Waals surface area contributed by atoms with Crippen LogP contribution in [0.25, 0.3) is 0 Å². The molecule has 0 aliphatic carbocycles. The van der Waals surface area contributed by atoms with Crippen LogP contribution < -0.4 is 10.6 Å². The van der Waals surface area contributed by atoms with Crippen molar-refractivity contribution in [2.75, 3.05) is 39.6 Å². The van der Waals surface area contributed by atoms with Crippen LogP contribution in [0.3, 0.4) is 0 Å². The van der Waals surface area contributed by atoms with E-state index in [2.05, 4.69) is 10.6 Å². The van der Waals surface area contributed by atoms with Crippen molar-refractivity contribution < 1.29 is 18.6 Å². The van der Waals surface area contributed by atoms with E-state index in [1.807, 2.05) is 12.1 Å². The minimum absolute atomic E-state index is 0.103. The summed E-state index contributed by atoms with van der Waals surface area (Å²) in [6.07, 6.45) is 7.51. The van der Waals surface area contributed by atoms with Gasteiger partial charge in [0.05, 0.1) is 18.5 Å². The Kier molecular flexibility index (Phi) is 6.32. The van der Waals surface area contributed by atoms with Crippen LogP contribution in [0.15, 0.2) is 27.8 Å². The Morgan fingerprint density at radius 1 is 1.07 bits per heavy atom. The Morgan fingerprint density at radius 3 is 2.70 bits per heavy atom. The molecule has 3 aliphatic heterocycles. The first-order valence-corrected chi connectivity index (χ1v) is 10.2. The molecular weight excluding hydrogens is 346 g/mol. The van der Waals surface area contributed by atoms with Gasteiger partial charge in [0.2, 0.25) is 0 Å². The zero-order chi connectivity index (χ0) is 18.4. The normalized spacial score (nSPS) is 29.9. The van der Waals surface area contributed by atoms with Gasteiger partial charge in [0.25, 0.3) is 0 Å². The van der Waals surface area contributed by atoms with Gasteiger partial charge in [-0.05, 0) is 37.8 Å². The van der Waals surface area contributed by atoms with Crippen molar-refractivity contribution in [3.05, 3.63) is 24.2 Å². The van der Waals surface area contributed by atoms with Crippen molar-refractivity contribution in [2.45, 2.75) is 56.2 Å². The molecule has 3 saturated heterocycles. The summed E-state index contributed by atoms with van der Waals surface area (Å²) in [5.41, 5.74) is -0.103. The van der Waals surface area contributed by atoms with E-state index in [4.69, 9.17) is 23.6 Å². The van der Waals surface area contributed by atoms with E-state index in [1.165, 1.54) is 0 Å². The second kappa shape index (κ2) is 9.08. The average molecular weight is 377 g/mol. The Hall–Kier alpha value is -1.57. The monoisotopic (exact) mass is 377 g/mol. The van der Waals surface area contributed by atoms with Gasteiger partial charge < -0.3 is 29.3 Å². The zero-order valence-corrected chi connectivity index (χ0v) is 16.0. The number of hydrogen-bond acceptors (Lipinski definition) is 5. The highest BCUT2D eigenvalue weighted by molar-refractivity contribution is 5.80. The third-order valence-electron chi connectivity index (χ3n) is 5.67. The van der Waals surface area contributed by atoms with E-state index in [1.54, 1.807) is 6.26 Å². The summed E-state index contributed by atoms with van der Waals surface area (Å²) in [5, 5.41) is 7.28. The second-order valence-electron chi connectivity index (χ2n) is 7.76. The van der Waals surface area contributed by atoms with Crippen LogP contribution in [0.4, 0.5) is 0 Å². The fourth-order valence-electron chi connectivity index (χ4n) is 4.11. The predicted octanol–water partition coefficient (Wildman–Crippen LogP) is 1.87. The molecule has 1 aromatic rings. The lowest BCUT2D eigenvalue weighted by atomic mass is 9.90. The quantitative estimate of drug-likeness (QED) is 0.603. The predicted molar refractivity (Wildman–Crippen MR) is 102 cm³/mol. The van der Waals surface area contributed by atoms with E-state index in [-0.39, 0.29) is 5.60 Å². The third-order valence-corrected chi connectivity index (χ3v) is 5.67. The van der Waals surface area contributed by atoms with Gasteiger partial charge in [-0.2, -0.15) is 0 Å². The molecule has 1 aromatic heterocycles. The molecule has 2 unspecified atom stereocenters. The Morgan fingerprint density at radius 2 is 1.93 bits per heavy atom. The van der Waals surface area contributed by atoms with Gasteiger partial charge in [-0.25, -0.2) is 0 Å². The van der Waals surface area contributed by atoms with E-state index >= 15 is 0 Å². The van der Waals surface area contributed by atoms with Gasteiger partial charge in [-0.15, -0.1) is 0 Å². The molecule has 0 aromatic carbocycles. The molecule has 1 spiro atoms. The van der Waals surface area contributed by atoms with Crippen molar-refractivity contribution >= 4 is 5.96 Å². The van der Waals surface area contributed by atoms with Crippen LogP contribution in [0.1, 0.15) is 37.9 Å². The molecule has 0 radical (unpaired) electrons. The van der Waals surface area contributed by atoms with Crippen LogP contribution in [0.5, 0.6) is 0 Å². The molecule has 4 rings (SSSR count).